The Balaban J connectivity index is 2.08. The van der Waals surface area contributed by atoms with Gasteiger partial charge in [-0.2, -0.15) is 23.4 Å². The lowest BCUT2D eigenvalue weighted by Gasteiger charge is -2.06. The van der Waals surface area contributed by atoms with Crippen molar-refractivity contribution in [3.8, 4) is 0 Å². The molecule has 2 aromatic rings. The van der Waals surface area contributed by atoms with Crippen LogP contribution in [0, 0.1) is 6.92 Å². The molecule has 0 unspecified atom stereocenters. The first kappa shape index (κ1) is 19.0. The molecule has 2 rings (SSSR count). The average molecular weight is 424 g/mol. The lowest BCUT2D eigenvalue weighted by atomic mass is 10.3. The van der Waals surface area contributed by atoms with Crippen molar-refractivity contribution in [1.82, 2.24) is 19.6 Å². The van der Waals surface area contributed by atoms with E-state index < -0.39 is 23.7 Å². The van der Waals surface area contributed by atoms with Crippen LogP contribution in [0.5, 0.6) is 0 Å². The Kier molecular flexibility index (Phi) is 5.20. The van der Waals surface area contributed by atoms with Gasteiger partial charge in [-0.1, -0.05) is 0 Å². The van der Waals surface area contributed by atoms with Crippen molar-refractivity contribution in [3.05, 3.63) is 27.8 Å². The van der Waals surface area contributed by atoms with Crippen molar-refractivity contribution >= 4 is 33.5 Å². The smallest absolute Gasteiger partial charge is 0.436 e. The number of rotatable bonds is 5. The highest BCUT2D eigenvalue weighted by molar-refractivity contribution is 9.10. The first-order valence-corrected chi connectivity index (χ1v) is 7.67. The highest BCUT2D eigenvalue weighted by Crippen LogP contribution is 2.35. The summed E-state index contributed by atoms with van der Waals surface area (Å²) < 4.78 is 40.4. The van der Waals surface area contributed by atoms with Gasteiger partial charge >= 0.3 is 12.1 Å². The summed E-state index contributed by atoms with van der Waals surface area (Å²) >= 11 is 2.85. The van der Waals surface area contributed by atoms with E-state index in [4.69, 9.17) is 5.11 Å². The van der Waals surface area contributed by atoms with Crippen molar-refractivity contribution in [2.75, 3.05) is 5.32 Å². The molecule has 0 aromatic carbocycles. The number of alkyl halides is 3. The summed E-state index contributed by atoms with van der Waals surface area (Å²) in [4.78, 5) is 23.1. The maximum absolute atomic E-state index is 12.8. The van der Waals surface area contributed by atoms with Gasteiger partial charge in [-0.05, 0) is 22.9 Å². The number of halogens is 4. The van der Waals surface area contributed by atoms with Gasteiger partial charge in [0.2, 0.25) is 5.91 Å². The Morgan fingerprint density at radius 1 is 1.40 bits per heavy atom. The molecule has 0 saturated carbocycles. The molecule has 0 bridgehead atoms. The fourth-order valence-corrected chi connectivity index (χ4v) is 2.63. The molecule has 8 nitrogen and oxygen atoms in total. The topological polar surface area (TPSA) is 102 Å². The standard InChI is InChI=1S/C13H13BrF3N5O3/c1-6-9(14)11(13(15,16)17)20-22(6)4-3-8(23)19-7-5-18-21(2)10(7)12(24)25/h5H,3-4H2,1-2H3,(H,19,23)(H,24,25). The van der Waals surface area contributed by atoms with Crippen LogP contribution in [0.4, 0.5) is 18.9 Å². The number of hydrogen-bond acceptors (Lipinski definition) is 4. The van der Waals surface area contributed by atoms with Crippen molar-refractivity contribution in [1.29, 1.82) is 0 Å². The van der Waals surface area contributed by atoms with Gasteiger partial charge in [-0.15, -0.1) is 0 Å². The molecule has 0 atom stereocenters. The Morgan fingerprint density at radius 2 is 2.04 bits per heavy atom. The number of carboxylic acid groups (broad SMARTS) is 1. The van der Waals surface area contributed by atoms with Gasteiger partial charge < -0.3 is 10.4 Å². The third-order valence-corrected chi connectivity index (χ3v) is 4.32. The number of hydrogen-bond donors (Lipinski definition) is 2. The van der Waals surface area contributed by atoms with E-state index in [0.717, 1.165) is 9.36 Å². The molecule has 2 N–H and O–H groups in total. The lowest BCUT2D eigenvalue weighted by molar-refractivity contribution is -0.142. The van der Waals surface area contributed by atoms with Crippen molar-refractivity contribution in [3.63, 3.8) is 0 Å². The second-order valence-corrected chi connectivity index (χ2v) is 5.90. The zero-order chi connectivity index (χ0) is 18.9. The van der Waals surface area contributed by atoms with Crippen LogP contribution in [-0.4, -0.2) is 36.5 Å². The maximum atomic E-state index is 12.8. The number of amides is 1. The fraction of sp³-hybridized carbons (Fsp3) is 0.385. The van der Waals surface area contributed by atoms with E-state index in [0.29, 0.717) is 0 Å². The number of nitrogens with one attached hydrogen (secondary N) is 1. The molecule has 0 aliphatic heterocycles. The van der Waals surface area contributed by atoms with Crippen LogP contribution in [-0.2, 0) is 24.6 Å². The predicted molar refractivity (Wildman–Crippen MR) is 83.1 cm³/mol. The van der Waals surface area contributed by atoms with Gasteiger partial charge in [0.05, 0.1) is 28.6 Å². The van der Waals surface area contributed by atoms with Gasteiger partial charge in [0.1, 0.15) is 0 Å². The lowest BCUT2D eigenvalue weighted by Crippen LogP contribution is -2.18. The summed E-state index contributed by atoms with van der Waals surface area (Å²) in [5.41, 5.74) is -1.03. The minimum Gasteiger partial charge on any atom is -0.476 e. The van der Waals surface area contributed by atoms with E-state index in [1.165, 1.54) is 20.2 Å². The normalized spacial score (nSPS) is 11.6. The quantitative estimate of drug-likeness (QED) is 0.768. The first-order chi connectivity index (χ1) is 11.5. The van der Waals surface area contributed by atoms with Crippen LogP contribution >= 0.6 is 15.9 Å². The Labute approximate surface area is 147 Å². The summed E-state index contributed by atoms with van der Waals surface area (Å²) in [7, 11) is 1.41. The van der Waals surface area contributed by atoms with Gasteiger partial charge in [0, 0.05) is 13.5 Å². The van der Waals surface area contributed by atoms with E-state index >= 15 is 0 Å². The monoisotopic (exact) mass is 423 g/mol. The first-order valence-electron chi connectivity index (χ1n) is 6.87. The van der Waals surface area contributed by atoms with Gasteiger partial charge in [0.15, 0.2) is 11.4 Å². The second-order valence-electron chi connectivity index (χ2n) is 5.10. The van der Waals surface area contributed by atoms with Crippen LogP contribution in [0.15, 0.2) is 10.7 Å². The summed E-state index contributed by atoms with van der Waals surface area (Å²) in [5.74, 6) is -1.84. The van der Waals surface area contributed by atoms with Gasteiger partial charge in [-0.25, -0.2) is 4.79 Å². The summed E-state index contributed by atoms with van der Waals surface area (Å²) in [5, 5.41) is 18.6. The molecule has 0 aliphatic carbocycles. The molecule has 0 spiro atoms. The molecular weight excluding hydrogens is 411 g/mol. The Morgan fingerprint density at radius 3 is 2.56 bits per heavy atom. The molecule has 25 heavy (non-hydrogen) atoms. The number of aromatic nitrogens is 4. The maximum Gasteiger partial charge on any atom is 0.436 e. The molecule has 1 amide bonds. The molecule has 0 aliphatic rings. The molecule has 12 heteroatoms. The third-order valence-electron chi connectivity index (χ3n) is 3.37. The Bertz CT molecular complexity index is 828. The minimum absolute atomic E-state index is 0.00866. The van der Waals surface area contributed by atoms with Crippen LogP contribution in [0.25, 0.3) is 0 Å². The molecule has 0 fully saturated rings. The van der Waals surface area contributed by atoms with Crippen molar-refractivity contribution < 1.29 is 27.9 Å². The van der Waals surface area contributed by atoms with Gasteiger partial charge in [-0.3, -0.25) is 14.2 Å². The van der Waals surface area contributed by atoms with Crippen LogP contribution in [0.3, 0.4) is 0 Å². The summed E-state index contributed by atoms with van der Waals surface area (Å²) in [6.07, 6.45) is -3.62. The zero-order valence-electron chi connectivity index (χ0n) is 13.1. The summed E-state index contributed by atoms with van der Waals surface area (Å²) in [6, 6.07) is 0. The number of aromatic carboxylic acids is 1. The fourth-order valence-electron chi connectivity index (χ4n) is 2.13. The highest BCUT2D eigenvalue weighted by atomic mass is 79.9. The van der Waals surface area contributed by atoms with E-state index in [1.54, 1.807) is 0 Å². The van der Waals surface area contributed by atoms with Crippen molar-refractivity contribution in [2.45, 2.75) is 26.1 Å². The minimum atomic E-state index is -4.61. The SMILES string of the molecule is Cc1c(Br)c(C(F)(F)F)nn1CCC(=O)Nc1cnn(C)c1C(=O)O. The van der Waals surface area contributed by atoms with Crippen LogP contribution < -0.4 is 5.32 Å². The Hall–Kier alpha value is -2.37. The van der Waals surface area contributed by atoms with E-state index in [2.05, 4.69) is 31.4 Å². The zero-order valence-corrected chi connectivity index (χ0v) is 14.6. The van der Waals surface area contributed by atoms with Crippen LogP contribution in [0.1, 0.15) is 28.3 Å². The van der Waals surface area contributed by atoms with E-state index in [9.17, 15) is 22.8 Å². The second kappa shape index (κ2) is 6.86. The number of carbonyl (C=O) groups excluding carboxylic acids is 1. The number of nitrogens with zero attached hydrogens (tertiary/aromatic N) is 4. The number of aryl methyl sites for hydroxylation is 2. The average Bonchev–Trinajstić information content (AvgIpc) is 2.98. The van der Waals surface area contributed by atoms with Gasteiger partial charge in [0.25, 0.3) is 0 Å². The van der Waals surface area contributed by atoms with E-state index in [-0.39, 0.29) is 34.5 Å². The summed E-state index contributed by atoms with van der Waals surface area (Å²) in [6.45, 7) is 1.34. The van der Waals surface area contributed by atoms with Crippen LogP contribution in [0.2, 0.25) is 0 Å². The predicted octanol–water partition coefficient (Wildman–Crippen LogP) is 2.43. The number of carboxylic acids is 1. The molecule has 2 aromatic heterocycles. The molecule has 0 saturated heterocycles. The third kappa shape index (κ3) is 4.00. The molecule has 2 heterocycles. The largest absolute Gasteiger partial charge is 0.476 e. The molecule has 136 valence electrons. The number of anilines is 1. The molecular formula is C13H13BrF3N5O3. The van der Waals surface area contributed by atoms with E-state index in [1.807, 2.05) is 0 Å². The number of carbonyl (C=O) groups is 2. The highest BCUT2D eigenvalue weighted by Gasteiger charge is 2.37. The van der Waals surface area contributed by atoms with Crippen molar-refractivity contribution in [2.24, 2.45) is 7.05 Å². The molecule has 0 radical (unpaired) electrons.